The second kappa shape index (κ2) is 8.16. The van der Waals surface area contributed by atoms with Crippen molar-refractivity contribution in [2.75, 3.05) is 0 Å². The Bertz CT molecular complexity index is 898. The average Bonchev–Trinajstić information content (AvgIpc) is 3.16. The topological polar surface area (TPSA) is 68.0 Å². The first-order chi connectivity index (χ1) is 13.0. The third kappa shape index (κ3) is 4.42. The number of nitrogens with one attached hydrogen (secondary N) is 1. The van der Waals surface area contributed by atoms with Crippen LogP contribution in [0.3, 0.4) is 0 Å². The molecular weight excluding hydrogens is 338 g/mol. The zero-order chi connectivity index (χ0) is 19.4. The molecule has 0 unspecified atom stereocenters. The van der Waals surface area contributed by atoms with Crippen molar-refractivity contribution in [3.8, 4) is 11.4 Å². The van der Waals surface area contributed by atoms with E-state index in [1.165, 1.54) is 5.56 Å². The highest BCUT2D eigenvalue weighted by Crippen LogP contribution is 2.26. The molecule has 0 saturated carbocycles. The number of nitrogens with zero attached hydrogens (tertiary/aromatic N) is 2. The Morgan fingerprint density at radius 1 is 1.04 bits per heavy atom. The molecule has 27 heavy (non-hydrogen) atoms. The second-order valence-electron chi connectivity index (χ2n) is 7.02. The minimum absolute atomic E-state index is 0.143. The van der Waals surface area contributed by atoms with E-state index in [1.807, 2.05) is 62.4 Å². The predicted molar refractivity (Wildman–Crippen MR) is 105 cm³/mol. The van der Waals surface area contributed by atoms with Gasteiger partial charge in [0.1, 0.15) is 6.04 Å². The number of hydrogen-bond acceptors (Lipinski definition) is 4. The Hall–Kier alpha value is -2.95. The standard InChI is InChI=1S/C22H25N3O2/c1-5-16(4)19(23-21(26)18-12-8-15(3)9-13-18)22-24-20(25-27-22)17-10-6-14(2)7-11-17/h6-13,16,19H,5H2,1-4H3,(H,23,26)/t16-,19+/m1/s1. The van der Waals surface area contributed by atoms with E-state index in [1.54, 1.807) is 0 Å². The van der Waals surface area contributed by atoms with Crippen LogP contribution in [0.5, 0.6) is 0 Å². The number of rotatable bonds is 6. The van der Waals surface area contributed by atoms with Gasteiger partial charge in [0.2, 0.25) is 11.7 Å². The van der Waals surface area contributed by atoms with Crippen molar-refractivity contribution in [1.82, 2.24) is 15.5 Å². The van der Waals surface area contributed by atoms with Gasteiger partial charge in [0.05, 0.1) is 0 Å². The Morgan fingerprint density at radius 2 is 1.63 bits per heavy atom. The van der Waals surface area contributed by atoms with Crippen LogP contribution in [0.1, 0.15) is 53.7 Å². The summed E-state index contributed by atoms with van der Waals surface area (Å²) in [6, 6.07) is 15.1. The first-order valence-electron chi connectivity index (χ1n) is 9.26. The molecule has 0 bridgehead atoms. The molecular formula is C22H25N3O2. The molecule has 140 valence electrons. The zero-order valence-corrected chi connectivity index (χ0v) is 16.2. The van der Waals surface area contributed by atoms with E-state index >= 15 is 0 Å². The normalized spacial score (nSPS) is 13.2. The fourth-order valence-electron chi connectivity index (χ4n) is 2.79. The summed E-state index contributed by atoms with van der Waals surface area (Å²) in [4.78, 5) is 17.2. The fraction of sp³-hybridized carbons (Fsp3) is 0.318. The van der Waals surface area contributed by atoms with Gasteiger partial charge in [-0.25, -0.2) is 0 Å². The lowest BCUT2D eigenvalue weighted by Crippen LogP contribution is -2.32. The van der Waals surface area contributed by atoms with Crippen molar-refractivity contribution in [2.45, 2.75) is 40.2 Å². The molecule has 5 heteroatoms. The number of carbonyl (C=O) groups is 1. The molecule has 2 atom stereocenters. The third-order valence-electron chi connectivity index (χ3n) is 4.83. The minimum Gasteiger partial charge on any atom is -0.340 e. The molecule has 2 aromatic carbocycles. The highest BCUT2D eigenvalue weighted by Gasteiger charge is 2.26. The Labute approximate surface area is 159 Å². The first kappa shape index (κ1) is 18.8. The van der Waals surface area contributed by atoms with Crippen molar-refractivity contribution in [2.24, 2.45) is 5.92 Å². The number of amides is 1. The van der Waals surface area contributed by atoms with Gasteiger partial charge in [0.15, 0.2) is 0 Å². The van der Waals surface area contributed by atoms with E-state index in [-0.39, 0.29) is 17.9 Å². The molecule has 1 aromatic heterocycles. The van der Waals surface area contributed by atoms with Crippen LogP contribution in [-0.4, -0.2) is 16.0 Å². The maximum Gasteiger partial charge on any atom is 0.251 e. The molecule has 0 aliphatic rings. The maximum atomic E-state index is 12.7. The lowest BCUT2D eigenvalue weighted by molar-refractivity contribution is 0.0910. The van der Waals surface area contributed by atoms with Gasteiger partial charge in [0, 0.05) is 11.1 Å². The molecule has 0 fully saturated rings. The van der Waals surface area contributed by atoms with Gasteiger partial charge in [-0.2, -0.15) is 4.98 Å². The van der Waals surface area contributed by atoms with Crippen LogP contribution in [0.2, 0.25) is 0 Å². The monoisotopic (exact) mass is 363 g/mol. The van der Waals surface area contributed by atoms with Crippen molar-refractivity contribution >= 4 is 5.91 Å². The molecule has 0 radical (unpaired) electrons. The van der Waals surface area contributed by atoms with Crippen LogP contribution >= 0.6 is 0 Å². The summed E-state index contributed by atoms with van der Waals surface area (Å²) < 4.78 is 5.51. The molecule has 5 nitrogen and oxygen atoms in total. The first-order valence-corrected chi connectivity index (χ1v) is 9.26. The average molecular weight is 363 g/mol. The number of hydrogen-bond donors (Lipinski definition) is 1. The van der Waals surface area contributed by atoms with Gasteiger partial charge >= 0.3 is 0 Å². The number of aryl methyl sites for hydroxylation is 2. The highest BCUT2D eigenvalue weighted by atomic mass is 16.5. The molecule has 0 aliphatic heterocycles. The van der Waals surface area contributed by atoms with E-state index in [4.69, 9.17) is 4.52 Å². The van der Waals surface area contributed by atoms with Crippen LogP contribution in [-0.2, 0) is 0 Å². The number of benzene rings is 2. The lowest BCUT2D eigenvalue weighted by Gasteiger charge is -2.20. The summed E-state index contributed by atoms with van der Waals surface area (Å²) in [5.41, 5.74) is 3.80. The van der Waals surface area contributed by atoms with Gasteiger partial charge in [-0.3, -0.25) is 4.79 Å². The zero-order valence-electron chi connectivity index (χ0n) is 16.2. The third-order valence-corrected chi connectivity index (χ3v) is 4.83. The van der Waals surface area contributed by atoms with Crippen LogP contribution in [0.25, 0.3) is 11.4 Å². The summed E-state index contributed by atoms with van der Waals surface area (Å²) in [6.45, 7) is 8.17. The van der Waals surface area contributed by atoms with E-state index in [0.29, 0.717) is 17.3 Å². The Balaban J connectivity index is 1.83. The molecule has 1 amide bonds. The largest absolute Gasteiger partial charge is 0.340 e. The van der Waals surface area contributed by atoms with Crippen molar-refractivity contribution < 1.29 is 9.32 Å². The van der Waals surface area contributed by atoms with Gasteiger partial charge in [-0.15, -0.1) is 0 Å². The molecule has 1 heterocycles. The van der Waals surface area contributed by atoms with E-state index in [0.717, 1.165) is 17.5 Å². The van der Waals surface area contributed by atoms with E-state index < -0.39 is 0 Å². The maximum absolute atomic E-state index is 12.7. The smallest absolute Gasteiger partial charge is 0.251 e. The van der Waals surface area contributed by atoms with Crippen LogP contribution in [0.15, 0.2) is 53.1 Å². The fourth-order valence-corrected chi connectivity index (χ4v) is 2.79. The molecule has 1 N–H and O–H groups in total. The summed E-state index contributed by atoms with van der Waals surface area (Å²) in [5, 5.41) is 7.17. The Kier molecular flexibility index (Phi) is 5.69. The summed E-state index contributed by atoms with van der Waals surface area (Å²) in [6.07, 6.45) is 0.876. The molecule has 3 aromatic rings. The van der Waals surface area contributed by atoms with Crippen LogP contribution in [0, 0.1) is 19.8 Å². The minimum atomic E-state index is -0.337. The molecule has 0 aliphatic carbocycles. The van der Waals surface area contributed by atoms with Gasteiger partial charge < -0.3 is 9.84 Å². The molecule has 0 spiro atoms. The van der Waals surface area contributed by atoms with Gasteiger partial charge in [-0.05, 0) is 31.9 Å². The van der Waals surface area contributed by atoms with Crippen molar-refractivity contribution in [3.63, 3.8) is 0 Å². The number of aromatic nitrogens is 2. The van der Waals surface area contributed by atoms with Crippen molar-refractivity contribution in [3.05, 3.63) is 71.1 Å². The van der Waals surface area contributed by atoms with E-state index in [2.05, 4.69) is 29.3 Å². The summed E-state index contributed by atoms with van der Waals surface area (Å²) >= 11 is 0. The predicted octanol–water partition coefficient (Wildman–Crippen LogP) is 4.87. The van der Waals surface area contributed by atoms with Crippen LogP contribution in [0.4, 0.5) is 0 Å². The highest BCUT2D eigenvalue weighted by molar-refractivity contribution is 5.94. The lowest BCUT2D eigenvalue weighted by atomic mass is 9.98. The SMILES string of the molecule is CC[C@@H](C)[C@H](NC(=O)c1ccc(C)cc1)c1nc(-c2ccc(C)cc2)no1. The number of carbonyl (C=O) groups excluding carboxylic acids is 1. The van der Waals surface area contributed by atoms with E-state index in [9.17, 15) is 4.79 Å². The second-order valence-corrected chi connectivity index (χ2v) is 7.02. The van der Waals surface area contributed by atoms with Crippen LogP contribution < -0.4 is 5.32 Å². The Morgan fingerprint density at radius 3 is 2.22 bits per heavy atom. The molecule has 0 saturated heterocycles. The summed E-state index contributed by atoms with van der Waals surface area (Å²) in [5.74, 6) is 0.976. The quantitative estimate of drug-likeness (QED) is 0.678. The van der Waals surface area contributed by atoms with Crippen molar-refractivity contribution in [1.29, 1.82) is 0 Å². The van der Waals surface area contributed by atoms with Gasteiger partial charge in [-0.1, -0.05) is 73.0 Å². The van der Waals surface area contributed by atoms with Gasteiger partial charge in [0.25, 0.3) is 5.91 Å². The molecule has 3 rings (SSSR count). The summed E-state index contributed by atoms with van der Waals surface area (Å²) in [7, 11) is 0.